The Hall–Kier alpha value is -2.15. The first-order chi connectivity index (χ1) is 9.04. The quantitative estimate of drug-likeness (QED) is 0.736. The van der Waals surface area contributed by atoms with Gasteiger partial charge >= 0.3 is 11.9 Å². The number of aliphatic hydroxyl groups excluding tert-OH is 1. The van der Waals surface area contributed by atoms with Crippen LogP contribution in [0.4, 0.5) is 5.82 Å². The fraction of sp³-hybridized carbons (Fsp3) is 0.417. The summed E-state index contributed by atoms with van der Waals surface area (Å²) in [6.45, 7) is 0.123. The summed E-state index contributed by atoms with van der Waals surface area (Å²) in [5.41, 5.74) is 0.186. The number of methoxy groups -OCH3 is 1. The first kappa shape index (κ1) is 13.3. The van der Waals surface area contributed by atoms with Crippen molar-refractivity contribution in [2.45, 2.75) is 18.6 Å². The Bertz CT molecular complexity index is 505. The molecular weight excluding hydrogens is 252 g/mol. The van der Waals surface area contributed by atoms with E-state index in [1.165, 1.54) is 24.3 Å². The number of β-amino-alcohol motifs (C(OH)–C–C–N with tert-alkyl or cyclic N) is 1. The number of anilines is 1. The smallest absolute Gasteiger partial charge is 0.341 e. The Kier molecular flexibility index (Phi) is 3.66. The van der Waals surface area contributed by atoms with Crippen molar-refractivity contribution in [3.63, 3.8) is 0 Å². The van der Waals surface area contributed by atoms with Gasteiger partial charge in [0.25, 0.3) is 0 Å². The molecule has 0 aromatic carbocycles. The van der Waals surface area contributed by atoms with Gasteiger partial charge in [-0.2, -0.15) is 0 Å². The van der Waals surface area contributed by atoms with Gasteiger partial charge in [-0.15, -0.1) is 0 Å². The lowest BCUT2D eigenvalue weighted by Gasteiger charge is -2.23. The number of hydrogen-bond donors (Lipinski definition) is 2. The second-order valence-electron chi connectivity index (χ2n) is 4.26. The third-order valence-electron chi connectivity index (χ3n) is 3.03. The molecule has 2 N–H and O–H groups in total. The molecule has 2 heterocycles. The van der Waals surface area contributed by atoms with E-state index in [0.717, 1.165) is 0 Å². The van der Waals surface area contributed by atoms with E-state index in [9.17, 15) is 14.7 Å². The van der Waals surface area contributed by atoms with Gasteiger partial charge in [-0.05, 0) is 12.1 Å². The van der Waals surface area contributed by atoms with Crippen molar-refractivity contribution in [2.75, 3.05) is 18.6 Å². The molecule has 1 aromatic heterocycles. The molecule has 1 saturated heterocycles. The summed E-state index contributed by atoms with van der Waals surface area (Å²) < 4.78 is 4.64. The van der Waals surface area contributed by atoms with Crippen LogP contribution in [0.15, 0.2) is 18.3 Å². The molecule has 0 bridgehead atoms. The van der Waals surface area contributed by atoms with Crippen LogP contribution in [0, 0.1) is 0 Å². The third kappa shape index (κ3) is 2.50. The van der Waals surface area contributed by atoms with Crippen molar-refractivity contribution < 1.29 is 24.5 Å². The Morgan fingerprint density at radius 3 is 2.89 bits per heavy atom. The Balaban J connectivity index is 2.40. The number of carbonyl (C=O) groups is 2. The fourth-order valence-corrected chi connectivity index (χ4v) is 2.18. The zero-order valence-corrected chi connectivity index (χ0v) is 10.3. The highest BCUT2D eigenvalue weighted by molar-refractivity contribution is 5.95. The summed E-state index contributed by atoms with van der Waals surface area (Å²) in [4.78, 5) is 28.3. The van der Waals surface area contributed by atoms with Gasteiger partial charge in [-0.3, -0.25) is 0 Å². The average molecular weight is 266 g/mol. The minimum absolute atomic E-state index is 0.104. The predicted octanol–water partition coefficient (Wildman–Crippen LogP) is -0.108. The number of rotatable bonds is 3. The van der Waals surface area contributed by atoms with Gasteiger partial charge < -0.3 is 19.8 Å². The number of aromatic nitrogens is 1. The van der Waals surface area contributed by atoms with Crippen molar-refractivity contribution >= 4 is 17.8 Å². The maximum Gasteiger partial charge on any atom is 0.341 e. The number of pyridine rings is 1. The van der Waals surface area contributed by atoms with Crippen molar-refractivity contribution in [1.82, 2.24) is 4.98 Å². The van der Waals surface area contributed by atoms with Crippen LogP contribution in [0.3, 0.4) is 0 Å². The van der Waals surface area contributed by atoms with Crippen molar-refractivity contribution in [3.8, 4) is 0 Å². The fourth-order valence-electron chi connectivity index (χ4n) is 2.18. The van der Waals surface area contributed by atoms with Crippen molar-refractivity contribution in [1.29, 1.82) is 0 Å². The molecule has 0 saturated carbocycles. The number of carboxylic acid groups (broad SMARTS) is 1. The van der Waals surface area contributed by atoms with Crippen LogP contribution in [0.1, 0.15) is 16.8 Å². The highest BCUT2D eigenvalue weighted by atomic mass is 16.5. The van der Waals surface area contributed by atoms with E-state index in [2.05, 4.69) is 9.72 Å². The molecule has 7 nitrogen and oxygen atoms in total. The lowest BCUT2D eigenvalue weighted by molar-refractivity contribution is -0.138. The maximum atomic E-state index is 11.7. The topological polar surface area (TPSA) is 100.0 Å². The molecule has 1 aromatic rings. The number of carboxylic acids is 1. The minimum atomic E-state index is -1.06. The summed E-state index contributed by atoms with van der Waals surface area (Å²) in [5.74, 6) is -1.43. The van der Waals surface area contributed by atoms with Crippen LogP contribution in [-0.4, -0.2) is 52.9 Å². The molecule has 19 heavy (non-hydrogen) atoms. The number of ether oxygens (including phenoxy) is 1. The van der Waals surface area contributed by atoms with Gasteiger partial charge in [-0.25, -0.2) is 14.6 Å². The van der Waals surface area contributed by atoms with Crippen LogP contribution in [0.25, 0.3) is 0 Å². The number of aliphatic carboxylic acids is 1. The largest absolute Gasteiger partial charge is 0.480 e. The molecule has 0 spiro atoms. The van der Waals surface area contributed by atoms with Gasteiger partial charge in [0.2, 0.25) is 0 Å². The second-order valence-corrected chi connectivity index (χ2v) is 4.26. The normalized spacial score (nSPS) is 22.3. The van der Waals surface area contributed by atoms with E-state index in [0.29, 0.717) is 0 Å². The summed E-state index contributed by atoms with van der Waals surface area (Å²) in [6.07, 6.45) is 0.811. The number of hydrogen-bond acceptors (Lipinski definition) is 6. The molecule has 0 radical (unpaired) electrons. The molecule has 2 rings (SSSR count). The van der Waals surface area contributed by atoms with Gasteiger partial charge in [-0.1, -0.05) is 0 Å². The van der Waals surface area contributed by atoms with Crippen molar-refractivity contribution in [3.05, 3.63) is 23.9 Å². The Morgan fingerprint density at radius 1 is 1.53 bits per heavy atom. The highest BCUT2D eigenvalue weighted by Gasteiger charge is 2.38. The summed E-state index contributed by atoms with van der Waals surface area (Å²) in [7, 11) is 1.24. The molecular formula is C12H14N2O5. The number of aliphatic hydroxyl groups is 1. The van der Waals surface area contributed by atoms with E-state index < -0.39 is 24.1 Å². The predicted molar refractivity (Wildman–Crippen MR) is 65.0 cm³/mol. The first-order valence-corrected chi connectivity index (χ1v) is 5.75. The van der Waals surface area contributed by atoms with Crippen LogP contribution in [0.5, 0.6) is 0 Å². The van der Waals surface area contributed by atoms with Crippen molar-refractivity contribution in [2.24, 2.45) is 0 Å². The SMILES string of the molecule is COC(=O)c1cccnc1N1CC(O)CC1C(=O)O. The van der Waals surface area contributed by atoms with E-state index in [1.54, 1.807) is 6.07 Å². The number of esters is 1. The van der Waals surface area contributed by atoms with Crippen LogP contribution in [-0.2, 0) is 9.53 Å². The van der Waals surface area contributed by atoms with Crippen LogP contribution >= 0.6 is 0 Å². The zero-order chi connectivity index (χ0) is 14.0. The van der Waals surface area contributed by atoms with Gasteiger partial charge in [0.1, 0.15) is 17.4 Å². The lowest BCUT2D eigenvalue weighted by Crippen LogP contribution is -2.37. The molecule has 102 valence electrons. The number of carbonyl (C=O) groups excluding carboxylic acids is 1. The van der Waals surface area contributed by atoms with Crippen LogP contribution < -0.4 is 4.90 Å². The minimum Gasteiger partial charge on any atom is -0.480 e. The average Bonchev–Trinajstić information content (AvgIpc) is 2.80. The van der Waals surface area contributed by atoms with Crippen LogP contribution in [0.2, 0.25) is 0 Å². The summed E-state index contributed by atoms with van der Waals surface area (Å²) in [6, 6.07) is 2.18. The highest BCUT2D eigenvalue weighted by Crippen LogP contribution is 2.27. The molecule has 0 aliphatic carbocycles. The van der Waals surface area contributed by atoms with E-state index in [-0.39, 0.29) is 24.3 Å². The number of nitrogens with zero attached hydrogens (tertiary/aromatic N) is 2. The van der Waals surface area contributed by atoms with Gasteiger partial charge in [0.05, 0.1) is 13.2 Å². The Labute approximate surface area is 109 Å². The molecule has 1 aliphatic rings. The van der Waals surface area contributed by atoms with Gasteiger partial charge in [0, 0.05) is 19.2 Å². The second kappa shape index (κ2) is 5.23. The molecule has 7 heteroatoms. The molecule has 2 atom stereocenters. The summed E-state index contributed by atoms with van der Waals surface area (Å²) in [5, 5.41) is 18.8. The van der Waals surface area contributed by atoms with E-state index >= 15 is 0 Å². The zero-order valence-electron chi connectivity index (χ0n) is 10.3. The molecule has 1 fully saturated rings. The lowest BCUT2D eigenvalue weighted by atomic mass is 10.2. The van der Waals surface area contributed by atoms with Gasteiger partial charge in [0.15, 0.2) is 0 Å². The Morgan fingerprint density at radius 2 is 2.26 bits per heavy atom. The molecule has 1 aliphatic heterocycles. The molecule has 0 amide bonds. The maximum absolute atomic E-state index is 11.7. The molecule has 2 unspecified atom stereocenters. The first-order valence-electron chi connectivity index (χ1n) is 5.75. The summed E-state index contributed by atoms with van der Waals surface area (Å²) >= 11 is 0. The standard InChI is InChI=1S/C12H14N2O5/c1-19-12(18)8-3-2-4-13-10(8)14-6-7(15)5-9(14)11(16)17/h2-4,7,9,15H,5-6H2,1H3,(H,16,17). The van der Waals surface area contributed by atoms with E-state index in [4.69, 9.17) is 5.11 Å². The van der Waals surface area contributed by atoms with E-state index in [1.807, 2.05) is 0 Å². The monoisotopic (exact) mass is 266 g/mol. The third-order valence-corrected chi connectivity index (χ3v) is 3.03.